The van der Waals surface area contributed by atoms with Crippen LogP contribution in [0.3, 0.4) is 0 Å². The van der Waals surface area contributed by atoms with Gasteiger partial charge in [-0.1, -0.05) is 67.4 Å². The van der Waals surface area contributed by atoms with Gasteiger partial charge in [-0.3, -0.25) is 24.3 Å². The SMILES string of the molecule is C1CC(N2COC2)CCN1.CCO[C@]1(CN2CCN(C3COC3)CC2)/C=C/C[C@H](C)[C@@H](CCOC)S(=O)(=O)NC(=O)c2ccc3c(c2)N(C[C@@H]2CC[C@H]21)C[C@@]1(CCCc2cc(Cl)ccc21)CO3.CCO[C@]1(OC)/C=C/C[C@H](C)[C@@H](CCOC)S(=O)(=O)NC(=O)c2ccc3c(c2)N(C[C@@H]2CC[C@H]21)C[C@@]1(CCCc2cc(Cl)ccc21)CO3. The quantitative estimate of drug-likeness (QED) is 0.0741. The predicted octanol–water partition coefficient (Wildman–Crippen LogP) is 12.0. The van der Waals surface area contributed by atoms with E-state index in [0.29, 0.717) is 87.9 Å². The van der Waals surface area contributed by atoms with Crippen LogP contribution in [0.4, 0.5) is 11.4 Å². The third-order valence-corrected chi connectivity index (χ3v) is 31.9. The van der Waals surface area contributed by atoms with Gasteiger partial charge in [-0.2, -0.15) is 0 Å². The summed E-state index contributed by atoms with van der Waals surface area (Å²) in [4.78, 5) is 40.0. The number of nitrogens with zero attached hydrogens (tertiary/aromatic N) is 5. The number of carbonyl (C=O) groups is 2. The van der Waals surface area contributed by atoms with Crippen LogP contribution in [0.5, 0.6) is 11.5 Å². The third kappa shape index (κ3) is 19.0. The molecular weight excluding hydrogens is 1540 g/mol. The zero-order chi connectivity index (χ0) is 80.7. The number of ether oxygens (including phenoxy) is 9. The number of carbonyl (C=O) groups excluding carboxylic acids is 2. The van der Waals surface area contributed by atoms with Gasteiger partial charge in [0.25, 0.3) is 11.8 Å². The molecule has 0 aromatic heterocycles. The van der Waals surface area contributed by atoms with Gasteiger partial charge in [0.15, 0.2) is 5.79 Å². The molecule has 4 aromatic carbocycles. The molecule has 12 atom stereocenters. The summed E-state index contributed by atoms with van der Waals surface area (Å²) < 4.78 is 115. The van der Waals surface area contributed by atoms with Crippen LogP contribution < -0.4 is 34.0 Å². The van der Waals surface area contributed by atoms with E-state index in [-0.39, 0.29) is 72.0 Å². The Bertz CT molecular complexity index is 4310. The number of amides is 2. The Hall–Kier alpha value is -5.46. The van der Waals surface area contributed by atoms with Crippen LogP contribution in [0, 0.1) is 35.5 Å². The van der Waals surface area contributed by atoms with E-state index in [1.807, 2.05) is 63.3 Å². The van der Waals surface area contributed by atoms with Crippen molar-refractivity contribution in [3.63, 3.8) is 0 Å². The molecule has 632 valence electrons. The number of fused-ring (bicyclic) bond motifs is 8. The smallest absolute Gasteiger partial charge is 0.264 e. The fourth-order valence-electron chi connectivity index (χ4n) is 20.7. The van der Waals surface area contributed by atoms with Gasteiger partial charge in [-0.15, -0.1) is 0 Å². The van der Waals surface area contributed by atoms with Gasteiger partial charge in [0, 0.05) is 151 Å². The van der Waals surface area contributed by atoms with Crippen molar-refractivity contribution in [2.24, 2.45) is 35.5 Å². The number of piperazine rings is 1. The summed E-state index contributed by atoms with van der Waals surface area (Å²) in [7, 11) is -3.32. The number of aryl methyl sites for hydroxylation is 2. The number of rotatable bonds is 15. The average molecular weight is 1670 g/mol. The van der Waals surface area contributed by atoms with Gasteiger partial charge in [-0.05, 0) is 248 Å². The van der Waals surface area contributed by atoms with Crippen molar-refractivity contribution in [1.29, 1.82) is 0 Å². The summed E-state index contributed by atoms with van der Waals surface area (Å²) in [6.45, 7) is 23.8. The molecular formula is C88H124Cl2N8O15S2. The van der Waals surface area contributed by atoms with E-state index in [2.05, 4.69) is 82.6 Å². The Morgan fingerprint density at radius 2 is 1.09 bits per heavy atom. The number of benzene rings is 4. The minimum absolute atomic E-state index is 0.0856. The summed E-state index contributed by atoms with van der Waals surface area (Å²) in [5.74, 6) is -0.515. The summed E-state index contributed by atoms with van der Waals surface area (Å²) in [5.41, 5.74) is 6.12. The molecule has 4 saturated heterocycles. The lowest BCUT2D eigenvalue weighted by atomic mass is 9.63. The molecule has 4 aliphatic carbocycles. The number of sulfonamides is 2. The van der Waals surface area contributed by atoms with E-state index in [1.165, 1.54) is 48.2 Å². The summed E-state index contributed by atoms with van der Waals surface area (Å²) in [5, 5.41) is 3.15. The lowest BCUT2D eigenvalue weighted by Crippen LogP contribution is -2.61. The van der Waals surface area contributed by atoms with E-state index in [4.69, 9.17) is 65.8 Å². The molecule has 4 aromatic rings. The molecule has 23 nitrogen and oxygen atoms in total. The van der Waals surface area contributed by atoms with Crippen molar-refractivity contribution in [3.8, 4) is 11.5 Å². The number of hydrogen-bond donors (Lipinski definition) is 3. The molecule has 8 heterocycles. The number of nitrogens with one attached hydrogen (secondary N) is 3. The van der Waals surface area contributed by atoms with Crippen LogP contribution >= 0.6 is 23.2 Å². The Labute approximate surface area is 692 Å². The second-order valence-corrected chi connectivity index (χ2v) is 39.2. The van der Waals surface area contributed by atoms with E-state index >= 15 is 0 Å². The first-order valence-electron chi connectivity index (χ1n) is 42.5. The minimum atomic E-state index is -4.07. The average Bonchev–Trinajstić information content (AvgIpc) is 1.71. The molecule has 0 unspecified atom stereocenters. The van der Waals surface area contributed by atoms with Crippen molar-refractivity contribution in [3.05, 3.63) is 141 Å². The third-order valence-electron chi connectivity index (χ3n) is 27.5. The number of piperidine rings is 1. The minimum Gasteiger partial charge on any atom is -0.490 e. The summed E-state index contributed by atoms with van der Waals surface area (Å²) >= 11 is 13.0. The largest absolute Gasteiger partial charge is 0.490 e. The van der Waals surface area contributed by atoms with E-state index in [9.17, 15) is 26.4 Å². The van der Waals surface area contributed by atoms with Crippen LogP contribution in [-0.4, -0.2) is 237 Å². The van der Waals surface area contributed by atoms with Crippen molar-refractivity contribution in [2.75, 3.05) is 169 Å². The first-order valence-corrected chi connectivity index (χ1v) is 46.4. The van der Waals surface area contributed by atoms with Crippen molar-refractivity contribution in [1.82, 2.24) is 29.5 Å². The molecule has 4 bridgehead atoms. The van der Waals surface area contributed by atoms with Gasteiger partial charge in [0.1, 0.15) is 30.6 Å². The molecule has 2 spiro atoms. The molecule has 8 aliphatic heterocycles. The van der Waals surface area contributed by atoms with Crippen LogP contribution in [0.25, 0.3) is 0 Å². The zero-order valence-corrected chi connectivity index (χ0v) is 71.8. The molecule has 16 rings (SSSR count). The van der Waals surface area contributed by atoms with E-state index in [1.54, 1.807) is 39.5 Å². The molecule has 115 heavy (non-hydrogen) atoms. The predicted molar refractivity (Wildman–Crippen MR) is 449 cm³/mol. The van der Waals surface area contributed by atoms with E-state index in [0.717, 1.165) is 158 Å². The summed E-state index contributed by atoms with van der Waals surface area (Å²) in [6.07, 6.45) is 22.5. The van der Waals surface area contributed by atoms with Gasteiger partial charge in [-0.25, -0.2) is 26.3 Å². The Morgan fingerprint density at radius 1 is 0.574 bits per heavy atom. The van der Waals surface area contributed by atoms with Crippen LogP contribution in [0.2, 0.25) is 10.0 Å². The number of allylic oxidation sites excluding steroid dienone is 2. The number of hydrogen-bond acceptors (Lipinski definition) is 21. The van der Waals surface area contributed by atoms with Crippen molar-refractivity contribution in [2.45, 2.75) is 175 Å². The molecule has 0 radical (unpaired) electrons. The lowest BCUT2D eigenvalue weighted by molar-refractivity contribution is -0.244. The highest BCUT2D eigenvalue weighted by Gasteiger charge is 2.53. The first kappa shape index (κ1) is 85.9. The van der Waals surface area contributed by atoms with Crippen molar-refractivity contribution < 1.29 is 69.1 Å². The highest BCUT2D eigenvalue weighted by Crippen LogP contribution is 2.53. The molecule has 2 saturated carbocycles. The lowest BCUT2D eigenvalue weighted by Gasteiger charge is -2.53. The standard InChI is InChI=1S/C44H61ClN4O7S.C37H49ClN2O7S.C7H14N2O/c1-4-56-44(29-47-18-20-48(21-19-47)36-26-54-27-36)17-5-7-31(2)41(15-22-53-3)57(51,52)46-42(50)33-10-14-40-39(24-33)49(25-34-9-12-38(34)44)28-43(30-55-40)16-6-8-32-23-35(45)11-13-37(32)43;1-5-47-37(45-4)18-6-8-25(2)34(16-19-44-3)48(42,43)39-35(41)27-11-15-33-32(21-27)40(22-28-10-13-31(28)37)23-36(24-46-33)17-7-9-26-20-29(38)12-14-30(26)36;1-3-8-4-2-7(1)9-5-10-6-9/h5,10-11,13-14,17,23-24,31,34,36,38,41H,4,6-9,12,15-16,18-22,25-30H2,1-3H3,(H,46,50);6,11-12,14-15,18,20-21,25,28,31,34H,5,7-10,13,16-17,19,22-24H2,1-4H3,(H,39,41);7-8H,1-6H2/b17-5+;18-6+;/t31-,34-,38+,41+,43-,44-;25-,28-,31+,34+,36-,37+;/m00./s1. The molecule has 6 fully saturated rings. The number of anilines is 2. The maximum Gasteiger partial charge on any atom is 0.264 e. The maximum absolute atomic E-state index is 14.1. The first-order chi connectivity index (χ1) is 55.5. The van der Waals surface area contributed by atoms with Crippen LogP contribution in [0.15, 0.2) is 97.1 Å². The monoisotopic (exact) mass is 1670 g/mol. The Balaban J connectivity index is 0.000000171. The van der Waals surface area contributed by atoms with Gasteiger partial charge >= 0.3 is 0 Å². The second-order valence-electron chi connectivity index (χ2n) is 34.6. The highest BCUT2D eigenvalue weighted by molar-refractivity contribution is 7.91. The maximum atomic E-state index is 14.1. The Morgan fingerprint density at radius 3 is 1.54 bits per heavy atom. The second kappa shape index (κ2) is 37.7. The molecule has 2 amide bonds. The topological polar surface area (TPSA) is 238 Å². The summed E-state index contributed by atoms with van der Waals surface area (Å²) in [6, 6.07) is 24.5. The van der Waals surface area contributed by atoms with E-state index < -0.39 is 53.7 Å². The molecule has 12 aliphatic rings. The highest BCUT2D eigenvalue weighted by atomic mass is 35.5. The normalized spacial score (nSPS) is 32.3. The fraction of sp³-hybridized carbons (Fsp3) is 0.659. The molecule has 27 heteroatoms. The number of halogens is 2. The zero-order valence-electron chi connectivity index (χ0n) is 68.6. The molecule has 3 N–H and O–H groups in total. The van der Waals surface area contributed by atoms with Gasteiger partial charge in [0.2, 0.25) is 20.0 Å². The number of methoxy groups -OCH3 is 3. The van der Waals surface area contributed by atoms with Crippen molar-refractivity contribution >= 4 is 66.4 Å². The fourth-order valence-corrected chi connectivity index (χ4v) is 24.4. The Kier molecular flexibility index (Phi) is 28.2. The van der Waals surface area contributed by atoms with Crippen LogP contribution in [-0.2, 0) is 76.9 Å². The van der Waals surface area contributed by atoms with Crippen LogP contribution in [0.1, 0.15) is 161 Å². The van der Waals surface area contributed by atoms with Gasteiger partial charge < -0.3 is 57.7 Å². The van der Waals surface area contributed by atoms with Gasteiger partial charge in [0.05, 0.1) is 54.3 Å².